The quantitative estimate of drug-likeness (QED) is 0.750. The molecule has 86 valence electrons. The van der Waals surface area contributed by atoms with Crippen molar-refractivity contribution in [2.75, 3.05) is 0 Å². The number of hydrogen-bond donors (Lipinski definition) is 1. The predicted octanol–water partition coefficient (Wildman–Crippen LogP) is 2.39. The molecule has 0 radical (unpaired) electrons. The predicted molar refractivity (Wildman–Crippen MR) is 61.8 cm³/mol. The van der Waals surface area contributed by atoms with Crippen LogP contribution in [0.5, 0.6) is 0 Å². The van der Waals surface area contributed by atoms with Crippen LogP contribution >= 0.6 is 0 Å². The fourth-order valence-electron chi connectivity index (χ4n) is 1.78. The summed E-state index contributed by atoms with van der Waals surface area (Å²) in [7, 11) is 0. The van der Waals surface area contributed by atoms with Gasteiger partial charge in [0.15, 0.2) is 0 Å². The van der Waals surface area contributed by atoms with Gasteiger partial charge in [0.25, 0.3) is 0 Å². The Labute approximate surface area is 92.1 Å². The van der Waals surface area contributed by atoms with Gasteiger partial charge in [0.2, 0.25) is 0 Å². The molecule has 0 saturated heterocycles. The summed E-state index contributed by atoms with van der Waals surface area (Å²) in [5, 5.41) is 13.9. The van der Waals surface area contributed by atoms with Crippen LogP contribution in [-0.2, 0) is 13.0 Å². The number of aromatic nitrogens is 2. The first kappa shape index (κ1) is 12.2. The molecule has 1 aromatic rings. The molecule has 1 atom stereocenters. The molecule has 0 aliphatic carbocycles. The normalized spacial score (nSPS) is 13.0. The Morgan fingerprint density at radius 3 is 2.80 bits per heavy atom. The van der Waals surface area contributed by atoms with Gasteiger partial charge in [-0.05, 0) is 31.7 Å². The number of nitrogens with zero attached hydrogens (tertiary/aromatic N) is 2. The third kappa shape index (κ3) is 4.04. The standard InChI is InChI=1S/C12H22N2O/c1-3-5-12(15)7-6-11-8-9-13-14(11)10-4-2/h8-9,12,15H,3-7,10H2,1-2H3. The Morgan fingerprint density at radius 1 is 1.33 bits per heavy atom. The van der Waals surface area contributed by atoms with Gasteiger partial charge in [0.1, 0.15) is 0 Å². The second kappa shape index (κ2) is 6.62. The van der Waals surface area contributed by atoms with Crippen LogP contribution in [0, 0.1) is 0 Å². The van der Waals surface area contributed by atoms with Crippen molar-refractivity contribution in [1.29, 1.82) is 0 Å². The van der Waals surface area contributed by atoms with Gasteiger partial charge in [0.05, 0.1) is 6.10 Å². The van der Waals surface area contributed by atoms with Crippen molar-refractivity contribution >= 4 is 0 Å². The van der Waals surface area contributed by atoms with Crippen molar-refractivity contribution in [2.24, 2.45) is 0 Å². The van der Waals surface area contributed by atoms with E-state index in [1.807, 2.05) is 16.9 Å². The van der Waals surface area contributed by atoms with Crippen LogP contribution in [0.25, 0.3) is 0 Å². The van der Waals surface area contributed by atoms with Crippen molar-refractivity contribution in [1.82, 2.24) is 9.78 Å². The molecule has 1 unspecified atom stereocenters. The molecule has 0 fully saturated rings. The fourth-order valence-corrected chi connectivity index (χ4v) is 1.78. The van der Waals surface area contributed by atoms with Gasteiger partial charge in [-0.1, -0.05) is 20.3 Å². The second-order valence-corrected chi connectivity index (χ2v) is 4.03. The Morgan fingerprint density at radius 2 is 2.13 bits per heavy atom. The molecule has 0 amide bonds. The highest BCUT2D eigenvalue weighted by Crippen LogP contribution is 2.08. The molecule has 0 spiro atoms. The molecule has 3 heteroatoms. The van der Waals surface area contributed by atoms with Crippen LogP contribution in [0.1, 0.15) is 45.2 Å². The second-order valence-electron chi connectivity index (χ2n) is 4.03. The Bertz CT molecular complexity index is 270. The molecule has 0 bridgehead atoms. The van der Waals surface area contributed by atoms with Crippen molar-refractivity contribution in [3.8, 4) is 0 Å². The lowest BCUT2D eigenvalue weighted by Crippen LogP contribution is -2.10. The van der Waals surface area contributed by atoms with Gasteiger partial charge in [0, 0.05) is 18.4 Å². The first-order valence-electron chi connectivity index (χ1n) is 5.96. The first-order chi connectivity index (χ1) is 7.27. The van der Waals surface area contributed by atoms with Crippen LogP contribution in [0.3, 0.4) is 0 Å². The van der Waals surface area contributed by atoms with Gasteiger partial charge in [-0.3, -0.25) is 4.68 Å². The molecule has 0 aromatic carbocycles. The minimum Gasteiger partial charge on any atom is -0.393 e. The summed E-state index contributed by atoms with van der Waals surface area (Å²) < 4.78 is 2.04. The van der Waals surface area contributed by atoms with Gasteiger partial charge in [-0.2, -0.15) is 5.10 Å². The highest BCUT2D eigenvalue weighted by Gasteiger charge is 2.06. The highest BCUT2D eigenvalue weighted by atomic mass is 16.3. The molecule has 1 aromatic heterocycles. The lowest BCUT2D eigenvalue weighted by atomic mass is 10.1. The van der Waals surface area contributed by atoms with E-state index in [-0.39, 0.29) is 6.10 Å². The van der Waals surface area contributed by atoms with E-state index >= 15 is 0 Å². The number of hydrogen-bond acceptors (Lipinski definition) is 2. The molecule has 1 N–H and O–H groups in total. The van der Waals surface area contributed by atoms with Crippen molar-refractivity contribution in [2.45, 2.75) is 58.6 Å². The zero-order chi connectivity index (χ0) is 11.1. The van der Waals surface area contributed by atoms with E-state index in [1.54, 1.807) is 0 Å². The van der Waals surface area contributed by atoms with Crippen molar-refractivity contribution < 1.29 is 5.11 Å². The minimum atomic E-state index is -0.153. The average Bonchev–Trinajstić information content (AvgIpc) is 2.64. The van der Waals surface area contributed by atoms with E-state index in [2.05, 4.69) is 18.9 Å². The minimum absolute atomic E-state index is 0.153. The zero-order valence-electron chi connectivity index (χ0n) is 9.82. The van der Waals surface area contributed by atoms with Gasteiger partial charge in [-0.15, -0.1) is 0 Å². The molecule has 0 aliphatic rings. The number of rotatable bonds is 7. The Balaban J connectivity index is 2.39. The molecule has 3 nitrogen and oxygen atoms in total. The molecule has 1 rings (SSSR count). The third-order valence-corrected chi connectivity index (χ3v) is 2.60. The smallest absolute Gasteiger partial charge is 0.0543 e. The summed E-state index contributed by atoms with van der Waals surface area (Å²) in [6, 6.07) is 2.05. The first-order valence-corrected chi connectivity index (χ1v) is 5.96. The topological polar surface area (TPSA) is 38.1 Å². The SMILES string of the molecule is CCCC(O)CCc1ccnn1CCC. The number of aryl methyl sites for hydroxylation is 2. The maximum Gasteiger partial charge on any atom is 0.0543 e. The van der Waals surface area contributed by atoms with Crippen LogP contribution in [0.4, 0.5) is 0 Å². The number of aliphatic hydroxyl groups is 1. The van der Waals surface area contributed by atoms with Crippen LogP contribution in [0.15, 0.2) is 12.3 Å². The van der Waals surface area contributed by atoms with E-state index in [1.165, 1.54) is 5.69 Å². The van der Waals surface area contributed by atoms with E-state index in [9.17, 15) is 5.11 Å². The summed E-state index contributed by atoms with van der Waals surface area (Å²) in [6.45, 7) is 5.23. The van der Waals surface area contributed by atoms with E-state index in [0.29, 0.717) is 0 Å². The monoisotopic (exact) mass is 210 g/mol. The summed E-state index contributed by atoms with van der Waals surface area (Å²) >= 11 is 0. The third-order valence-electron chi connectivity index (χ3n) is 2.60. The van der Waals surface area contributed by atoms with Crippen LogP contribution in [-0.4, -0.2) is 21.0 Å². The van der Waals surface area contributed by atoms with Gasteiger partial charge >= 0.3 is 0 Å². The number of aliphatic hydroxyl groups excluding tert-OH is 1. The molecule has 0 aliphatic heterocycles. The van der Waals surface area contributed by atoms with E-state index < -0.39 is 0 Å². The molecular weight excluding hydrogens is 188 g/mol. The fraction of sp³-hybridized carbons (Fsp3) is 0.750. The largest absolute Gasteiger partial charge is 0.393 e. The molecular formula is C12H22N2O. The lowest BCUT2D eigenvalue weighted by molar-refractivity contribution is 0.153. The zero-order valence-corrected chi connectivity index (χ0v) is 9.82. The van der Waals surface area contributed by atoms with Crippen molar-refractivity contribution in [3.05, 3.63) is 18.0 Å². The Hall–Kier alpha value is -0.830. The van der Waals surface area contributed by atoms with Gasteiger partial charge in [-0.25, -0.2) is 0 Å². The maximum atomic E-state index is 9.64. The maximum absolute atomic E-state index is 9.64. The highest BCUT2D eigenvalue weighted by molar-refractivity contribution is 5.00. The molecule has 15 heavy (non-hydrogen) atoms. The summed E-state index contributed by atoms with van der Waals surface area (Å²) in [6.07, 6.45) is 6.53. The van der Waals surface area contributed by atoms with E-state index in [0.717, 1.165) is 38.6 Å². The van der Waals surface area contributed by atoms with E-state index in [4.69, 9.17) is 0 Å². The summed E-state index contributed by atoms with van der Waals surface area (Å²) in [5.74, 6) is 0. The summed E-state index contributed by atoms with van der Waals surface area (Å²) in [5.41, 5.74) is 1.24. The van der Waals surface area contributed by atoms with Gasteiger partial charge < -0.3 is 5.11 Å². The van der Waals surface area contributed by atoms with Crippen LogP contribution < -0.4 is 0 Å². The molecule has 1 heterocycles. The van der Waals surface area contributed by atoms with Crippen molar-refractivity contribution in [3.63, 3.8) is 0 Å². The van der Waals surface area contributed by atoms with Crippen LogP contribution in [0.2, 0.25) is 0 Å². The molecule has 0 saturated carbocycles. The Kier molecular flexibility index (Phi) is 5.40. The summed E-state index contributed by atoms with van der Waals surface area (Å²) in [4.78, 5) is 0. The average molecular weight is 210 g/mol. The lowest BCUT2D eigenvalue weighted by Gasteiger charge is -2.10.